The maximum absolute atomic E-state index is 12.3. The smallest absolute Gasteiger partial charge is 0.251 e. The molecule has 0 bridgehead atoms. The molecule has 0 unspecified atom stereocenters. The predicted octanol–water partition coefficient (Wildman–Crippen LogP) is 2.57. The van der Waals surface area contributed by atoms with Gasteiger partial charge in [-0.1, -0.05) is 25.3 Å². The Bertz CT molecular complexity index is 504. The molecule has 3 N–H and O–H groups in total. The van der Waals surface area contributed by atoms with E-state index < -0.39 is 0 Å². The van der Waals surface area contributed by atoms with Crippen molar-refractivity contribution in [1.82, 2.24) is 5.32 Å². The largest absolute Gasteiger partial charge is 0.350 e. The van der Waals surface area contributed by atoms with E-state index in [2.05, 4.69) is 17.4 Å². The number of carbonyl (C=O) groups is 1. The Morgan fingerprint density at radius 3 is 2.65 bits per heavy atom. The van der Waals surface area contributed by atoms with Gasteiger partial charge in [0.25, 0.3) is 5.91 Å². The molecule has 1 fully saturated rings. The van der Waals surface area contributed by atoms with Crippen molar-refractivity contribution in [2.45, 2.75) is 56.9 Å². The van der Waals surface area contributed by atoms with Gasteiger partial charge in [0.1, 0.15) is 0 Å². The second-order valence-electron chi connectivity index (χ2n) is 6.44. The summed E-state index contributed by atoms with van der Waals surface area (Å²) in [5.74, 6) is 0.0232. The van der Waals surface area contributed by atoms with Crippen molar-refractivity contribution < 1.29 is 4.79 Å². The van der Waals surface area contributed by atoms with Crippen LogP contribution in [0, 0.1) is 0 Å². The van der Waals surface area contributed by atoms with Crippen LogP contribution in [0.1, 0.15) is 60.0 Å². The summed E-state index contributed by atoms with van der Waals surface area (Å²) < 4.78 is 0. The average Bonchev–Trinajstić information content (AvgIpc) is 2.93. The highest BCUT2D eigenvalue weighted by molar-refractivity contribution is 5.94. The summed E-state index contributed by atoms with van der Waals surface area (Å²) in [5, 5.41) is 3.04. The molecule has 3 rings (SSSR count). The second-order valence-corrected chi connectivity index (χ2v) is 6.44. The van der Waals surface area contributed by atoms with Gasteiger partial charge in [-0.15, -0.1) is 0 Å². The summed E-state index contributed by atoms with van der Waals surface area (Å²) in [6.45, 7) is 0.600. The summed E-state index contributed by atoms with van der Waals surface area (Å²) in [7, 11) is 0. The lowest BCUT2D eigenvalue weighted by Gasteiger charge is -2.33. The maximum Gasteiger partial charge on any atom is 0.251 e. The van der Waals surface area contributed by atoms with E-state index in [-0.39, 0.29) is 11.4 Å². The number of aryl methyl sites for hydroxylation is 2. The molecule has 0 atom stereocenters. The quantitative estimate of drug-likeness (QED) is 0.888. The van der Waals surface area contributed by atoms with Crippen LogP contribution in [0.4, 0.5) is 0 Å². The highest BCUT2D eigenvalue weighted by atomic mass is 16.1. The van der Waals surface area contributed by atoms with Crippen LogP contribution in [-0.4, -0.2) is 18.0 Å². The third kappa shape index (κ3) is 2.88. The lowest BCUT2D eigenvalue weighted by Crippen LogP contribution is -2.51. The molecule has 1 amide bonds. The molecule has 0 saturated heterocycles. The number of rotatable bonds is 3. The minimum atomic E-state index is -0.190. The summed E-state index contributed by atoms with van der Waals surface area (Å²) in [5.41, 5.74) is 9.71. The molecule has 1 saturated carbocycles. The highest BCUT2D eigenvalue weighted by Crippen LogP contribution is 2.26. The van der Waals surface area contributed by atoms with Crippen LogP contribution in [0.3, 0.4) is 0 Å². The highest BCUT2D eigenvalue weighted by Gasteiger charge is 2.27. The van der Waals surface area contributed by atoms with Crippen molar-refractivity contribution in [2.24, 2.45) is 5.73 Å². The van der Waals surface area contributed by atoms with Gasteiger partial charge in [-0.2, -0.15) is 0 Å². The van der Waals surface area contributed by atoms with Gasteiger partial charge in [-0.05, 0) is 55.4 Å². The van der Waals surface area contributed by atoms with E-state index in [1.807, 2.05) is 6.07 Å². The monoisotopic (exact) mass is 272 g/mol. The number of nitrogens with one attached hydrogen (secondary N) is 1. The first-order chi connectivity index (χ1) is 9.66. The Labute approximate surface area is 120 Å². The number of hydrogen-bond donors (Lipinski definition) is 2. The van der Waals surface area contributed by atoms with Gasteiger partial charge in [0.15, 0.2) is 0 Å². The van der Waals surface area contributed by atoms with Crippen LogP contribution in [0.25, 0.3) is 0 Å². The van der Waals surface area contributed by atoms with E-state index in [0.717, 1.165) is 31.2 Å². The molecule has 20 heavy (non-hydrogen) atoms. The van der Waals surface area contributed by atoms with Gasteiger partial charge in [-0.25, -0.2) is 0 Å². The lowest BCUT2D eigenvalue weighted by molar-refractivity contribution is 0.0937. The van der Waals surface area contributed by atoms with Crippen LogP contribution >= 0.6 is 0 Å². The number of nitrogens with two attached hydrogens (primary N) is 1. The zero-order valence-electron chi connectivity index (χ0n) is 12.1. The van der Waals surface area contributed by atoms with Crippen LogP contribution in [0.2, 0.25) is 0 Å². The molecule has 2 aliphatic rings. The topological polar surface area (TPSA) is 55.1 Å². The van der Waals surface area contributed by atoms with E-state index in [1.165, 1.54) is 36.8 Å². The molecule has 3 nitrogen and oxygen atoms in total. The van der Waals surface area contributed by atoms with E-state index in [9.17, 15) is 4.79 Å². The fourth-order valence-corrected chi connectivity index (χ4v) is 3.50. The van der Waals surface area contributed by atoms with Gasteiger partial charge in [0, 0.05) is 17.6 Å². The minimum Gasteiger partial charge on any atom is -0.350 e. The zero-order chi connectivity index (χ0) is 14.0. The predicted molar refractivity (Wildman–Crippen MR) is 80.8 cm³/mol. The van der Waals surface area contributed by atoms with Crippen molar-refractivity contribution >= 4 is 5.91 Å². The summed E-state index contributed by atoms with van der Waals surface area (Å²) in [6.07, 6.45) is 9.18. The first-order valence-corrected chi connectivity index (χ1v) is 7.85. The van der Waals surface area contributed by atoms with Crippen molar-refractivity contribution in [3.05, 3.63) is 34.9 Å². The second kappa shape index (κ2) is 5.57. The van der Waals surface area contributed by atoms with Gasteiger partial charge in [0.2, 0.25) is 0 Å². The first-order valence-electron chi connectivity index (χ1n) is 7.85. The minimum absolute atomic E-state index is 0.0232. The molecule has 0 radical (unpaired) electrons. The standard InChI is InChI=1S/C17H24N2O/c18-17(9-2-1-3-10-17)12-19-16(20)15-8-7-13-5-4-6-14(13)11-15/h7-8,11H,1-6,9-10,12,18H2,(H,19,20). The number of benzene rings is 1. The summed E-state index contributed by atoms with van der Waals surface area (Å²) >= 11 is 0. The SMILES string of the molecule is NC1(CNC(=O)c2ccc3c(c2)CCC3)CCCCC1. The number of carbonyl (C=O) groups excluding carboxylic acids is 1. The Hall–Kier alpha value is -1.35. The third-order valence-corrected chi connectivity index (χ3v) is 4.81. The Kier molecular flexibility index (Phi) is 3.79. The molecule has 108 valence electrons. The fraction of sp³-hybridized carbons (Fsp3) is 0.588. The summed E-state index contributed by atoms with van der Waals surface area (Å²) in [6, 6.07) is 6.11. The number of amides is 1. The van der Waals surface area contributed by atoms with Crippen LogP contribution in [0.5, 0.6) is 0 Å². The van der Waals surface area contributed by atoms with Crippen molar-refractivity contribution in [1.29, 1.82) is 0 Å². The Morgan fingerprint density at radius 2 is 1.85 bits per heavy atom. The average molecular weight is 272 g/mol. The normalized spacial score (nSPS) is 20.4. The molecule has 0 heterocycles. The number of fused-ring (bicyclic) bond motifs is 1. The van der Waals surface area contributed by atoms with Crippen molar-refractivity contribution in [3.63, 3.8) is 0 Å². The van der Waals surface area contributed by atoms with Crippen LogP contribution in [-0.2, 0) is 12.8 Å². The van der Waals surface area contributed by atoms with Crippen LogP contribution < -0.4 is 11.1 Å². The Balaban J connectivity index is 1.61. The molecule has 2 aliphatic carbocycles. The fourth-order valence-electron chi connectivity index (χ4n) is 3.50. The Morgan fingerprint density at radius 1 is 1.10 bits per heavy atom. The molecule has 0 aliphatic heterocycles. The van der Waals surface area contributed by atoms with E-state index in [1.54, 1.807) is 0 Å². The molecule has 0 spiro atoms. The van der Waals surface area contributed by atoms with Crippen LogP contribution in [0.15, 0.2) is 18.2 Å². The van der Waals surface area contributed by atoms with E-state index in [4.69, 9.17) is 5.73 Å². The van der Waals surface area contributed by atoms with Gasteiger partial charge >= 0.3 is 0 Å². The molecular formula is C17H24N2O. The molecule has 1 aromatic carbocycles. The van der Waals surface area contributed by atoms with Gasteiger partial charge < -0.3 is 11.1 Å². The third-order valence-electron chi connectivity index (χ3n) is 4.81. The van der Waals surface area contributed by atoms with Crippen molar-refractivity contribution in [3.8, 4) is 0 Å². The summed E-state index contributed by atoms with van der Waals surface area (Å²) in [4.78, 5) is 12.3. The zero-order valence-corrected chi connectivity index (χ0v) is 12.1. The van der Waals surface area contributed by atoms with E-state index >= 15 is 0 Å². The van der Waals surface area contributed by atoms with Crippen molar-refractivity contribution in [2.75, 3.05) is 6.54 Å². The van der Waals surface area contributed by atoms with Gasteiger partial charge in [0.05, 0.1) is 0 Å². The lowest BCUT2D eigenvalue weighted by atomic mass is 9.82. The number of hydrogen-bond acceptors (Lipinski definition) is 2. The molecule has 0 aromatic heterocycles. The molecular weight excluding hydrogens is 248 g/mol. The first kappa shape index (κ1) is 13.6. The molecule has 3 heteroatoms. The maximum atomic E-state index is 12.3. The van der Waals surface area contributed by atoms with E-state index in [0.29, 0.717) is 6.54 Å². The van der Waals surface area contributed by atoms with Gasteiger partial charge in [-0.3, -0.25) is 4.79 Å². The molecule has 1 aromatic rings.